The van der Waals surface area contributed by atoms with Crippen LogP contribution in [0.25, 0.3) is 10.9 Å². The minimum atomic E-state index is 0.112. The Balaban J connectivity index is 1.91. The predicted molar refractivity (Wildman–Crippen MR) is 72.6 cm³/mol. The summed E-state index contributed by atoms with van der Waals surface area (Å²) in [6, 6.07) is 8.20. The molecule has 0 radical (unpaired) electrons. The molecule has 1 amide bonds. The Morgan fingerprint density at radius 2 is 2.28 bits per heavy atom. The van der Waals surface area contributed by atoms with Gasteiger partial charge in [0.15, 0.2) is 0 Å². The second kappa shape index (κ2) is 4.33. The summed E-state index contributed by atoms with van der Waals surface area (Å²) >= 11 is 0. The first-order valence-electron chi connectivity index (χ1n) is 6.28. The van der Waals surface area contributed by atoms with Crippen LogP contribution in [0, 0.1) is 0 Å². The molecule has 1 aliphatic rings. The summed E-state index contributed by atoms with van der Waals surface area (Å²) in [4.78, 5) is 17.5. The van der Waals surface area contributed by atoms with Gasteiger partial charge in [0.1, 0.15) is 0 Å². The van der Waals surface area contributed by atoms with E-state index in [1.54, 1.807) is 6.08 Å². The van der Waals surface area contributed by atoms with Gasteiger partial charge in [-0.05, 0) is 37.1 Å². The van der Waals surface area contributed by atoms with Crippen LogP contribution in [-0.4, -0.2) is 28.4 Å². The van der Waals surface area contributed by atoms with Crippen LogP contribution in [-0.2, 0) is 0 Å². The molecule has 0 bridgehead atoms. The molecule has 0 spiro atoms. The third kappa shape index (κ3) is 1.92. The number of aromatic amines is 1. The predicted octanol–water partition coefficient (Wildman–Crippen LogP) is 2.96. The van der Waals surface area contributed by atoms with Crippen LogP contribution >= 0.6 is 0 Å². The Morgan fingerprint density at radius 3 is 3.00 bits per heavy atom. The Kier molecular flexibility index (Phi) is 2.67. The SMILES string of the molecule is C=CCN(C(=O)c1ccc2[nH]ccc2c1)C1CC1. The first-order chi connectivity index (χ1) is 8.79. The number of nitrogens with zero attached hydrogens (tertiary/aromatic N) is 1. The van der Waals surface area contributed by atoms with E-state index < -0.39 is 0 Å². The molecule has 1 heterocycles. The summed E-state index contributed by atoms with van der Waals surface area (Å²) in [5, 5.41) is 1.08. The van der Waals surface area contributed by atoms with E-state index in [2.05, 4.69) is 11.6 Å². The van der Waals surface area contributed by atoms with E-state index in [0.29, 0.717) is 12.6 Å². The van der Waals surface area contributed by atoms with Crippen molar-refractivity contribution in [2.75, 3.05) is 6.54 Å². The molecule has 92 valence electrons. The Bertz CT molecular complexity index is 595. The van der Waals surface area contributed by atoms with E-state index in [1.165, 1.54) is 0 Å². The molecule has 1 aromatic carbocycles. The zero-order valence-corrected chi connectivity index (χ0v) is 10.2. The lowest BCUT2D eigenvalue weighted by atomic mass is 10.1. The molecule has 1 saturated carbocycles. The molecule has 3 rings (SSSR count). The van der Waals surface area contributed by atoms with Crippen molar-refractivity contribution < 1.29 is 4.79 Å². The highest BCUT2D eigenvalue weighted by Gasteiger charge is 2.32. The number of hydrogen-bond donors (Lipinski definition) is 1. The van der Waals surface area contributed by atoms with E-state index in [9.17, 15) is 4.79 Å². The van der Waals surface area contributed by atoms with Gasteiger partial charge in [0.05, 0.1) is 0 Å². The van der Waals surface area contributed by atoms with Gasteiger partial charge in [-0.25, -0.2) is 0 Å². The molecule has 1 aliphatic carbocycles. The van der Waals surface area contributed by atoms with Gasteiger partial charge in [0, 0.05) is 35.2 Å². The third-order valence-corrected chi connectivity index (χ3v) is 3.37. The highest BCUT2D eigenvalue weighted by Crippen LogP contribution is 2.28. The summed E-state index contributed by atoms with van der Waals surface area (Å²) in [6.07, 6.45) is 5.92. The van der Waals surface area contributed by atoms with Crippen molar-refractivity contribution in [3.05, 3.63) is 48.7 Å². The molecule has 1 fully saturated rings. The second-order valence-electron chi connectivity index (χ2n) is 4.76. The highest BCUT2D eigenvalue weighted by molar-refractivity contribution is 5.98. The van der Waals surface area contributed by atoms with E-state index in [0.717, 1.165) is 29.3 Å². The molecule has 0 unspecified atom stereocenters. The number of H-pyrrole nitrogens is 1. The molecule has 18 heavy (non-hydrogen) atoms. The summed E-state index contributed by atoms with van der Waals surface area (Å²) < 4.78 is 0. The second-order valence-corrected chi connectivity index (χ2v) is 4.76. The van der Waals surface area contributed by atoms with Crippen LogP contribution in [0.15, 0.2) is 43.1 Å². The van der Waals surface area contributed by atoms with Crippen molar-refractivity contribution in [2.24, 2.45) is 0 Å². The van der Waals surface area contributed by atoms with Crippen LogP contribution in [0.2, 0.25) is 0 Å². The van der Waals surface area contributed by atoms with Crippen LogP contribution in [0.5, 0.6) is 0 Å². The molecule has 3 heteroatoms. The van der Waals surface area contributed by atoms with Crippen molar-refractivity contribution in [3.63, 3.8) is 0 Å². The minimum absolute atomic E-state index is 0.112. The number of carbonyl (C=O) groups is 1. The first kappa shape index (κ1) is 11.1. The number of amides is 1. The van der Waals surface area contributed by atoms with Crippen LogP contribution < -0.4 is 0 Å². The number of aromatic nitrogens is 1. The average molecular weight is 240 g/mol. The summed E-state index contributed by atoms with van der Waals surface area (Å²) in [5.74, 6) is 0.112. The fourth-order valence-corrected chi connectivity index (χ4v) is 2.28. The standard InChI is InChI=1S/C15H16N2O/c1-2-9-17(13-4-5-13)15(18)12-3-6-14-11(10-12)7-8-16-14/h2-3,6-8,10,13,16H,1,4-5,9H2. The quantitative estimate of drug-likeness (QED) is 0.819. The number of benzene rings is 1. The van der Waals surface area contributed by atoms with Crippen LogP contribution in [0.1, 0.15) is 23.2 Å². The average Bonchev–Trinajstić information content (AvgIpc) is 3.12. The smallest absolute Gasteiger partial charge is 0.254 e. The molecule has 0 saturated heterocycles. The lowest BCUT2D eigenvalue weighted by Gasteiger charge is -2.20. The fraction of sp³-hybridized carbons (Fsp3) is 0.267. The third-order valence-electron chi connectivity index (χ3n) is 3.37. The van der Waals surface area contributed by atoms with Crippen molar-refractivity contribution in [1.82, 2.24) is 9.88 Å². The molecule has 2 aromatic rings. The molecule has 0 atom stereocenters. The minimum Gasteiger partial charge on any atom is -0.361 e. The van der Waals surface area contributed by atoms with Crippen molar-refractivity contribution in [1.29, 1.82) is 0 Å². The maximum atomic E-state index is 12.4. The summed E-state index contributed by atoms with van der Waals surface area (Å²) in [5.41, 5.74) is 1.82. The van der Waals surface area contributed by atoms with E-state index >= 15 is 0 Å². The maximum absolute atomic E-state index is 12.4. The summed E-state index contributed by atoms with van der Waals surface area (Å²) in [6.45, 7) is 4.36. The molecule has 0 aliphatic heterocycles. The first-order valence-corrected chi connectivity index (χ1v) is 6.28. The maximum Gasteiger partial charge on any atom is 0.254 e. The largest absolute Gasteiger partial charge is 0.361 e. The van der Waals surface area contributed by atoms with E-state index in [-0.39, 0.29) is 5.91 Å². The van der Waals surface area contributed by atoms with E-state index in [1.807, 2.05) is 35.4 Å². The Hall–Kier alpha value is -2.03. The number of carbonyl (C=O) groups excluding carboxylic acids is 1. The van der Waals surface area contributed by atoms with E-state index in [4.69, 9.17) is 0 Å². The van der Waals surface area contributed by atoms with Gasteiger partial charge in [-0.1, -0.05) is 6.08 Å². The molecule has 1 aromatic heterocycles. The number of nitrogens with one attached hydrogen (secondary N) is 1. The fourth-order valence-electron chi connectivity index (χ4n) is 2.28. The summed E-state index contributed by atoms with van der Waals surface area (Å²) in [7, 11) is 0. The Morgan fingerprint density at radius 1 is 1.44 bits per heavy atom. The van der Waals surface area contributed by atoms with Crippen molar-refractivity contribution >= 4 is 16.8 Å². The molecular weight excluding hydrogens is 224 g/mol. The number of fused-ring (bicyclic) bond motifs is 1. The molecule has 3 nitrogen and oxygen atoms in total. The highest BCUT2D eigenvalue weighted by atomic mass is 16.2. The van der Waals surface area contributed by atoms with Crippen LogP contribution in [0.4, 0.5) is 0 Å². The number of hydrogen-bond acceptors (Lipinski definition) is 1. The normalized spacial score (nSPS) is 14.7. The topological polar surface area (TPSA) is 36.1 Å². The van der Waals surface area contributed by atoms with Gasteiger partial charge in [0.25, 0.3) is 5.91 Å². The monoisotopic (exact) mass is 240 g/mol. The molecule has 1 N–H and O–H groups in total. The number of rotatable bonds is 4. The van der Waals surface area contributed by atoms with Gasteiger partial charge < -0.3 is 9.88 Å². The Labute approximate surface area is 106 Å². The lowest BCUT2D eigenvalue weighted by molar-refractivity contribution is 0.0763. The zero-order valence-electron chi connectivity index (χ0n) is 10.2. The van der Waals surface area contributed by atoms with Gasteiger partial charge in [-0.15, -0.1) is 6.58 Å². The van der Waals surface area contributed by atoms with Crippen molar-refractivity contribution in [3.8, 4) is 0 Å². The van der Waals surface area contributed by atoms with Gasteiger partial charge in [-0.2, -0.15) is 0 Å². The lowest BCUT2D eigenvalue weighted by Crippen LogP contribution is -2.33. The molecular formula is C15H16N2O. The van der Waals surface area contributed by atoms with Crippen molar-refractivity contribution in [2.45, 2.75) is 18.9 Å². The van der Waals surface area contributed by atoms with Gasteiger partial charge in [0.2, 0.25) is 0 Å². The van der Waals surface area contributed by atoms with Crippen LogP contribution in [0.3, 0.4) is 0 Å². The van der Waals surface area contributed by atoms with Gasteiger partial charge in [-0.3, -0.25) is 4.79 Å². The zero-order chi connectivity index (χ0) is 12.5. The van der Waals surface area contributed by atoms with Gasteiger partial charge >= 0.3 is 0 Å².